The van der Waals surface area contributed by atoms with E-state index in [4.69, 9.17) is 17.3 Å². The van der Waals surface area contributed by atoms with E-state index in [1.807, 2.05) is 24.3 Å². The number of aliphatic hydroxyl groups excluding tert-OH is 1. The van der Waals surface area contributed by atoms with Crippen LogP contribution in [0.1, 0.15) is 37.2 Å². The Morgan fingerprint density at radius 1 is 1.24 bits per heavy atom. The first kappa shape index (κ1) is 12.9. The molecule has 1 fully saturated rings. The molecule has 3 atom stereocenters. The van der Waals surface area contributed by atoms with Crippen molar-refractivity contribution >= 4 is 11.6 Å². The summed E-state index contributed by atoms with van der Waals surface area (Å²) in [6, 6.07) is 7.85. The molecule has 1 aliphatic carbocycles. The summed E-state index contributed by atoms with van der Waals surface area (Å²) < 4.78 is 0. The van der Waals surface area contributed by atoms with E-state index >= 15 is 0 Å². The number of halogens is 1. The molecule has 0 heterocycles. The normalized spacial score (nSPS) is 26.8. The fourth-order valence-corrected chi connectivity index (χ4v) is 3.00. The van der Waals surface area contributed by atoms with Gasteiger partial charge in [-0.05, 0) is 43.0 Å². The fourth-order valence-electron chi connectivity index (χ4n) is 2.88. The van der Waals surface area contributed by atoms with Gasteiger partial charge in [0.15, 0.2) is 0 Å². The van der Waals surface area contributed by atoms with Gasteiger partial charge in [0.25, 0.3) is 0 Å². The third-order valence-electron chi connectivity index (χ3n) is 3.85. The van der Waals surface area contributed by atoms with E-state index in [2.05, 4.69) is 0 Å². The Hall–Kier alpha value is -0.570. The SMILES string of the molecule is NC[C@@H](c1ccc(Cl)cc1)C1CCCC[C@H]1O. The predicted molar refractivity (Wildman–Crippen MR) is 71.2 cm³/mol. The average Bonchev–Trinajstić information content (AvgIpc) is 2.35. The Kier molecular flexibility index (Phi) is 4.43. The third-order valence-corrected chi connectivity index (χ3v) is 4.10. The van der Waals surface area contributed by atoms with E-state index in [1.165, 1.54) is 12.0 Å². The maximum absolute atomic E-state index is 10.1. The van der Waals surface area contributed by atoms with E-state index in [9.17, 15) is 5.11 Å². The van der Waals surface area contributed by atoms with Gasteiger partial charge in [0.1, 0.15) is 0 Å². The largest absolute Gasteiger partial charge is 0.393 e. The first-order valence-corrected chi connectivity index (χ1v) is 6.73. The van der Waals surface area contributed by atoms with Gasteiger partial charge < -0.3 is 10.8 Å². The summed E-state index contributed by atoms with van der Waals surface area (Å²) in [5.74, 6) is 0.553. The van der Waals surface area contributed by atoms with Crippen LogP contribution >= 0.6 is 11.6 Å². The van der Waals surface area contributed by atoms with Crippen molar-refractivity contribution < 1.29 is 5.11 Å². The lowest BCUT2D eigenvalue weighted by Gasteiger charge is -2.34. The van der Waals surface area contributed by atoms with Crippen LogP contribution in [0.15, 0.2) is 24.3 Å². The number of aliphatic hydroxyl groups is 1. The minimum atomic E-state index is -0.201. The zero-order valence-corrected chi connectivity index (χ0v) is 10.7. The van der Waals surface area contributed by atoms with Crippen LogP contribution in [-0.4, -0.2) is 17.8 Å². The lowest BCUT2D eigenvalue weighted by molar-refractivity contribution is 0.0561. The highest BCUT2D eigenvalue weighted by Crippen LogP contribution is 2.36. The molecule has 0 saturated heterocycles. The van der Waals surface area contributed by atoms with E-state index in [1.54, 1.807) is 0 Å². The molecule has 1 aliphatic rings. The molecule has 17 heavy (non-hydrogen) atoms. The number of benzene rings is 1. The zero-order chi connectivity index (χ0) is 12.3. The minimum Gasteiger partial charge on any atom is -0.393 e. The molecule has 2 nitrogen and oxygen atoms in total. The smallest absolute Gasteiger partial charge is 0.0574 e. The predicted octanol–water partition coefficient (Wildman–Crippen LogP) is 2.93. The van der Waals surface area contributed by atoms with Crippen molar-refractivity contribution in [2.75, 3.05) is 6.54 Å². The van der Waals surface area contributed by atoms with Crippen LogP contribution in [-0.2, 0) is 0 Å². The van der Waals surface area contributed by atoms with Crippen LogP contribution in [0.2, 0.25) is 5.02 Å². The van der Waals surface area contributed by atoms with Crippen molar-refractivity contribution in [3.8, 4) is 0 Å². The summed E-state index contributed by atoms with van der Waals surface area (Å²) in [5, 5.41) is 10.8. The second kappa shape index (κ2) is 5.85. The Bertz CT molecular complexity index is 352. The molecule has 3 N–H and O–H groups in total. The molecule has 2 rings (SSSR count). The maximum Gasteiger partial charge on any atom is 0.0574 e. The lowest BCUT2D eigenvalue weighted by Crippen LogP contribution is -2.33. The third kappa shape index (κ3) is 3.01. The van der Waals surface area contributed by atoms with Gasteiger partial charge in [0.05, 0.1) is 6.10 Å². The molecule has 0 bridgehead atoms. The molecule has 1 unspecified atom stereocenters. The van der Waals surface area contributed by atoms with Gasteiger partial charge in [-0.1, -0.05) is 36.6 Å². The van der Waals surface area contributed by atoms with E-state index in [-0.39, 0.29) is 12.0 Å². The van der Waals surface area contributed by atoms with Gasteiger partial charge in [-0.2, -0.15) is 0 Å². The summed E-state index contributed by atoms with van der Waals surface area (Å²) >= 11 is 5.89. The highest BCUT2D eigenvalue weighted by atomic mass is 35.5. The van der Waals surface area contributed by atoms with Crippen LogP contribution in [0.5, 0.6) is 0 Å². The number of rotatable bonds is 3. The molecule has 0 amide bonds. The van der Waals surface area contributed by atoms with Gasteiger partial charge >= 0.3 is 0 Å². The molecule has 1 saturated carbocycles. The van der Waals surface area contributed by atoms with Crippen molar-refractivity contribution in [3.05, 3.63) is 34.9 Å². The molecule has 0 aliphatic heterocycles. The Labute approximate surface area is 108 Å². The van der Waals surface area contributed by atoms with Crippen molar-refractivity contribution in [1.82, 2.24) is 0 Å². The molecule has 0 aromatic heterocycles. The van der Waals surface area contributed by atoms with Gasteiger partial charge in [-0.15, -0.1) is 0 Å². The average molecular weight is 254 g/mol. The standard InChI is InChI=1S/C14H20ClNO/c15-11-7-5-10(6-8-11)13(9-16)12-3-1-2-4-14(12)17/h5-8,12-14,17H,1-4,9,16H2/t12?,13-,14+/m0/s1. The van der Waals surface area contributed by atoms with Crippen LogP contribution in [0.4, 0.5) is 0 Å². The molecule has 1 aromatic rings. The second-order valence-electron chi connectivity index (χ2n) is 4.91. The molecule has 94 valence electrons. The molecule has 0 radical (unpaired) electrons. The van der Waals surface area contributed by atoms with Crippen molar-refractivity contribution in [1.29, 1.82) is 0 Å². The molecular formula is C14H20ClNO. The van der Waals surface area contributed by atoms with Crippen LogP contribution in [0.25, 0.3) is 0 Å². The molecule has 3 heteroatoms. The van der Waals surface area contributed by atoms with E-state index < -0.39 is 0 Å². The summed E-state index contributed by atoms with van der Waals surface area (Å²) in [6.45, 7) is 0.587. The number of hydrogen-bond acceptors (Lipinski definition) is 2. The zero-order valence-electron chi connectivity index (χ0n) is 9.98. The monoisotopic (exact) mass is 253 g/mol. The van der Waals surface area contributed by atoms with E-state index in [0.717, 1.165) is 24.3 Å². The van der Waals surface area contributed by atoms with Crippen molar-refractivity contribution in [3.63, 3.8) is 0 Å². The summed E-state index contributed by atoms with van der Waals surface area (Å²) in [5.41, 5.74) is 7.09. The lowest BCUT2D eigenvalue weighted by atomic mass is 9.75. The van der Waals surface area contributed by atoms with Crippen molar-refractivity contribution in [2.24, 2.45) is 11.7 Å². The van der Waals surface area contributed by atoms with Gasteiger partial charge in [0.2, 0.25) is 0 Å². The Morgan fingerprint density at radius 2 is 1.88 bits per heavy atom. The quantitative estimate of drug-likeness (QED) is 0.870. The van der Waals surface area contributed by atoms with E-state index in [0.29, 0.717) is 12.5 Å². The topological polar surface area (TPSA) is 46.2 Å². The second-order valence-corrected chi connectivity index (χ2v) is 5.35. The van der Waals surface area contributed by atoms with Crippen LogP contribution < -0.4 is 5.73 Å². The number of nitrogens with two attached hydrogens (primary N) is 1. The maximum atomic E-state index is 10.1. The molecule has 1 aromatic carbocycles. The molecule has 0 spiro atoms. The van der Waals surface area contributed by atoms with Gasteiger partial charge in [-0.3, -0.25) is 0 Å². The summed E-state index contributed by atoms with van der Waals surface area (Å²) in [6.07, 6.45) is 4.12. The Morgan fingerprint density at radius 3 is 2.47 bits per heavy atom. The highest BCUT2D eigenvalue weighted by Gasteiger charge is 2.30. The first-order valence-electron chi connectivity index (χ1n) is 6.36. The van der Waals surface area contributed by atoms with Gasteiger partial charge in [-0.25, -0.2) is 0 Å². The Balaban J connectivity index is 2.17. The highest BCUT2D eigenvalue weighted by molar-refractivity contribution is 6.30. The summed E-state index contributed by atoms with van der Waals surface area (Å²) in [7, 11) is 0. The summed E-state index contributed by atoms with van der Waals surface area (Å²) in [4.78, 5) is 0. The fraction of sp³-hybridized carbons (Fsp3) is 0.571. The first-order chi connectivity index (χ1) is 8.22. The van der Waals surface area contributed by atoms with Gasteiger partial charge in [0, 0.05) is 10.9 Å². The molecular weight excluding hydrogens is 234 g/mol. The van der Waals surface area contributed by atoms with Crippen molar-refractivity contribution in [2.45, 2.75) is 37.7 Å². The van der Waals surface area contributed by atoms with Crippen LogP contribution in [0, 0.1) is 5.92 Å². The van der Waals surface area contributed by atoms with Crippen LogP contribution in [0.3, 0.4) is 0 Å². The minimum absolute atomic E-state index is 0.201. The number of hydrogen-bond donors (Lipinski definition) is 2.